The van der Waals surface area contributed by atoms with Crippen LogP contribution in [-0.2, 0) is 20.2 Å². The monoisotopic (exact) mass is 253 g/mol. The number of hydrogen-bond donors (Lipinski definition) is 2. The Morgan fingerprint density at radius 3 is 2.65 bits per heavy atom. The van der Waals surface area contributed by atoms with Crippen LogP contribution in [0.5, 0.6) is 0 Å². The lowest BCUT2D eigenvalue weighted by Crippen LogP contribution is -2.07. The minimum Gasteiger partial charge on any atom is -0.388 e. The second-order valence-electron chi connectivity index (χ2n) is 3.96. The van der Waals surface area contributed by atoms with Gasteiger partial charge in [-0.15, -0.1) is 0 Å². The van der Waals surface area contributed by atoms with Crippen molar-refractivity contribution in [3.05, 3.63) is 27.5 Å². The Morgan fingerprint density at radius 1 is 1.41 bits per heavy atom. The normalized spacial score (nSPS) is 11.1. The molecule has 92 valence electrons. The fraction of sp³-hybridized carbons (Fsp3) is 0.500. The fourth-order valence-corrected chi connectivity index (χ4v) is 2.05. The lowest BCUT2D eigenvalue weighted by molar-refractivity contribution is 0.265. The van der Waals surface area contributed by atoms with Crippen LogP contribution in [0.3, 0.4) is 0 Å². The average Bonchev–Trinajstić information content (AvgIpc) is 2.75. The molecule has 0 spiro atoms. The van der Waals surface area contributed by atoms with E-state index in [0.29, 0.717) is 17.1 Å². The van der Waals surface area contributed by atoms with Crippen molar-refractivity contribution in [2.75, 3.05) is 0 Å². The van der Waals surface area contributed by atoms with Gasteiger partial charge in [0.2, 0.25) is 0 Å². The van der Waals surface area contributed by atoms with Crippen LogP contribution in [0.15, 0.2) is 0 Å². The number of aliphatic hydroxyl groups is 1. The van der Waals surface area contributed by atoms with Crippen LogP contribution in [0.2, 0.25) is 0 Å². The molecule has 0 aromatic carbocycles. The minimum atomic E-state index is -0.133. The second kappa shape index (κ2) is 4.42. The number of nitrogens with one attached hydrogen (secondary N) is 1. The molecule has 7 heteroatoms. The average molecular weight is 253 g/mol. The summed E-state index contributed by atoms with van der Waals surface area (Å²) >= 11 is 5.14. The van der Waals surface area contributed by atoms with Crippen molar-refractivity contribution < 1.29 is 5.11 Å². The topological polar surface area (TPSA) is 71.7 Å². The van der Waals surface area contributed by atoms with Crippen LogP contribution in [-0.4, -0.2) is 29.7 Å². The first-order valence-corrected chi connectivity index (χ1v) is 5.69. The fourth-order valence-electron chi connectivity index (χ4n) is 1.84. The summed E-state index contributed by atoms with van der Waals surface area (Å²) in [5.41, 5.74) is 3.17. The zero-order valence-corrected chi connectivity index (χ0v) is 10.9. The van der Waals surface area contributed by atoms with E-state index < -0.39 is 0 Å². The number of aromatic amines is 1. The minimum absolute atomic E-state index is 0.133. The number of aromatic nitrogens is 5. The molecule has 0 atom stereocenters. The van der Waals surface area contributed by atoms with Crippen molar-refractivity contribution in [3.63, 3.8) is 0 Å². The molecule has 0 amide bonds. The molecular weight excluding hydrogens is 238 g/mol. The Kier molecular flexibility index (Phi) is 3.12. The van der Waals surface area contributed by atoms with Gasteiger partial charge >= 0.3 is 0 Å². The van der Waals surface area contributed by atoms with Crippen molar-refractivity contribution in [1.82, 2.24) is 24.5 Å². The Morgan fingerprint density at radius 2 is 2.12 bits per heavy atom. The Hall–Kier alpha value is -1.47. The van der Waals surface area contributed by atoms with Crippen LogP contribution in [0.25, 0.3) is 0 Å². The van der Waals surface area contributed by atoms with Gasteiger partial charge in [-0.1, -0.05) is 0 Å². The number of H-pyrrole nitrogens is 1. The van der Waals surface area contributed by atoms with E-state index in [0.717, 1.165) is 17.0 Å². The summed E-state index contributed by atoms with van der Waals surface area (Å²) < 4.78 is 4.14. The molecule has 0 fully saturated rings. The second-order valence-corrected chi connectivity index (χ2v) is 4.35. The predicted octanol–water partition coefficient (Wildman–Crippen LogP) is 0.832. The molecule has 0 saturated heterocycles. The maximum atomic E-state index is 9.18. The van der Waals surface area contributed by atoms with Gasteiger partial charge < -0.3 is 5.11 Å². The van der Waals surface area contributed by atoms with E-state index in [1.165, 1.54) is 0 Å². The van der Waals surface area contributed by atoms with Gasteiger partial charge in [0.05, 0.1) is 12.2 Å². The predicted molar refractivity (Wildman–Crippen MR) is 65.1 cm³/mol. The number of nitrogens with zero attached hydrogens (tertiary/aromatic N) is 4. The third kappa shape index (κ3) is 2.03. The highest BCUT2D eigenvalue weighted by molar-refractivity contribution is 7.71. The summed E-state index contributed by atoms with van der Waals surface area (Å²) in [6.45, 7) is 4.42. The van der Waals surface area contributed by atoms with Crippen LogP contribution < -0.4 is 0 Å². The van der Waals surface area contributed by atoms with Gasteiger partial charge in [-0.3, -0.25) is 14.3 Å². The molecule has 2 heterocycles. The third-order valence-corrected chi connectivity index (χ3v) is 3.27. The number of aryl methyl sites for hydroxylation is 2. The van der Waals surface area contributed by atoms with E-state index in [9.17, 15) is 5.11 Å². The van der Waals surface area contributed by atoms with Crippen molar-refractivity contribution in [2.24, 2.45) is 7.05 Å². The van der Waals surface area contributed by atoms with E-state index in [1.807, 2.05) is 25.6 Å². The van der Waals surface area contributed by atoms with Gasteiger partial charge in [0.15, 0.2) is 10.6 Å². The van der Waals surface area contributed by atoms with E-state index in [4.69, 9.17) is 12.2 Å². The maximum absolute atomic E-state index is 9.18. The third-order valence-electron chi connectivity index (χ3n) is 2.95. The molecule has 0 saturated carbocycles. The Labute approximate surface area is 104 Å². The summed E-state index contributed by atoms with van der Waals surface area (Å²) in [4.78, 5) is 0. The molecular formula is C10H15N5OS. The summed E-state index contributed by atoms with van der Waals surface area (Å²) in [5.74, 6) is 0.539. The van der Waals surface area contributed by atoms with E-state index in [1.54, 1.807) is 4.57 Å². The van der Waals surface area contributed by atoms with E-state index >= 15 is 0 Å². The van der Waals surface area contributed by atoms with Gasteiger partial charge in [-0.2, -0.15) is 10.2 Å². The van der Waals surface area contributed by atoms with Gasteiger partial charge in [-0.25, -0.2) is 0 Å². The Balaban J connectivity index is 2.44. The zero-order chi connectivity index (χ0) is 12.6. The van der Waals surface area contributed by atoms with E-state index in [-0.39, 0.29) is 6.61 Å². The lowest BCUT2D eigenvalue weighted by atomic mass is 10.2. The first kappa shape index (κ1) is 12.0. The molecule has 0 bridgehead atoms. The van der Waals surface area contributed by atoms with Crippen LogP contribution >= 0.6 is 12.2 Å². The molecule has 2 rings (SSSR count). The SMILES string of the molecule is Cc1nn(C)c(C)c1Cn1c(CO)n[nH]c1=S. The van der Waals surface area contributed by atoms with Crippen molar-refractivity contribution >= 4 is 12.2 Å². The number of hydrogen-bond acceptors (Lipinski definition) is 4. The molecule has 0 aliphatic heterocycles. The van der Waals surface area contributed by atoms with Gasteiger partial charge in [-0.05, 0) is 26.1 Å². The highest BCUT2D eigenvalue weighted by atomic mass is 32.1. The zero-order valence-electron chi connectivity index (χ0n) is 10.1. The Bertz CT molecular complexity index is 594. The molecule has 6 nitrogen and oxygen atoms in total. The van der Waals surface area contributed by atoms with Gasteiger partial charge in [0, 0.05) is 18.3 Å². The summed E-state index contributed by atoms with van der Waals surface area (Å²) in [6, 6.07) is 0. The molecule has 2 N–H and O–H groups in total. The molecule has 2 aromatic heterocycles. The molecule has 17 heavy (non-hydrogen) atoms. The standard InChI is InChI=1S/C10H15N5OS/c1-6-8(7(2)14(3)13-6)4-15-9(5-16)11-12-10(15)17/h16H,4-5H2,1-3H3,(H,12,17). The molecule has 2 aromatic rings. The van der Waals surface area contributed by atoms with Gasteiger partial charge in [0.25, 0.3) is 0 Å². The smallest absolute Gasteiger partial charge is 0.195 e. The van der Waals surface area contributed by atoms with Crippen molar-refractivity contribution in [3.8, 4) is 0 Å². The van der Waals surface area contributed by atoms with Crippen LogP contribution in [0.4, 0.5) is 0 Å². The van der Waals surface area contributed by atoms with Crippen LogP contribution in [0, 0.1) is 18.6 Å². The highest BCUT2D eigenvalue weighted by Gasteiger charge is 2.12. The number of rotatable bonds is 3. The molecule has 0 radical (unpaired) electrons. The lowest BCUT2D eigenvalue weighted by Gasteiger charge is -2.05. The molecule has 0 unspecified atom stereocenters. The molecule has 0 aliphatic rings. The van der Waals surface area contributed by atoms with Crippen molar-refractivity contribution in [2.45, 2.75) is 27.0 Å². The quantitative estimate of drug-likeness (QED) is 0.795. The number of aliphatic hydroxyl groups excluding tert-OH is 1. The summed E-state index contributed by atoms with van der Waals surface area (Å²) in [5, 5.41) is 20.2. The summed E-state index contributed by atoms with van der Waals surface area (Å²) in [7, 11) is 1.91. The van der Waals surface area contributed by atoms with Gasteiger partial charge in [0.1, 0.15) is 6.61 Å². The maximum Gasteiger partial charge on any atom is 0.195 e. The van der Waals surface area contributed by atoms with E-state index in [2.05, 4.69) is 15.3 Å². The van der Waals surface area contributed by atoms with Crippen LogP contribution in [0.1, 0.15) is 22.8 Å². The first-order chi connectivity index (χ1) is 8.04. The largest absolute Gasteiger partial charge is 0.388 e. The molecule has 0 aliphatic carbocycles. The van der Waals surface area contributed by atoms with Crippen molar-refractivity contribution in [1.29, 1.82) is 0 Å². The summed E-state index contributed by atoms with van der Waals surface area (Å²) in [6.07, 6.45) is 0. The highest BCUT2D eigenvalue weighted by Crippen LogP contribution is 2.14. The first-order valence-electron chi connectivity index (χ1n) is 5.28.